The fourth-order valence-electron chi connectivity index (χ4n) is 3.04. The molecule has 8 heteroatoms. The van der Waals surface area contributed by atoms with Crippen molar-refractivity contribution in [3.63, 3.8) is 0 Å². The highest BCUT2D eigenvalue weighted by Crippen LogP contribution is 2.27. The SMILES string of the molecule is Cc1nn(C)c2nc(NCCN3N=C(c4ccccc4)CCC3=O)sc12. The van der Waals surface area contributed by atoms with E-state index in [1.807, 2.05) is 44.3 Å². The van der Waals surface area contributed by atoms with Gasteiger partial charge in [-0.05, 0) is 12.5 Å². The van der Waals surface area contributed by atoms with E-state index in [2.05, 4.69) is 20.5 Å². The van der Waals surface area contributed by atoms with Gasteiger partial charge in [0, 0.05) is 26.4 Å². The number of nitrogens with zero attached hydrogens (tertiary/aromatic N) is 5. The maximum Gasteiger partial charge on any atom is 0.243 e. The van der Waals surface area contributed by atoms with Gasteiger partial charge in [0.15, 0.2) is 10.8 Å². The first-order valence-corrected chi connectivity index (χ1v) is 9.41. The molecule has 1 aliphatic heterocycles. The lowest BCUT2D eigenvalue weighted by molar-refractivity contribution is -0.131. The highest BCUT2D eigenvalue weighted by atomic mass is 32.1. The van der Waals surface area contributed by atoms with Gasteiger partial charge in [-0.15, -0.1) is 0 Å². The predicted molar refractivity (Wildman–Crippen MR) is 104 cm³/mol. The molecule has 1 amide bonds. The summed E-state index contributed by atoms with van der Waals surface area (Å²) in [7, 11) is 1.89. The standard InChI is InChI=1S/C18H20N6OS/c1-12-16-17(23(2)21-12)20-18(26-16)19-10-11-24-15(25)9-8-14(22-24)13-6-4-3-5-7-13/h3-7H,8-11H2,1-2H3,(H,19,20). The molecular weight excluding hydrogens is 348 g/mol. The molecule has 26 heavy (non-hydrogen) atoms. The van der Waals surface area contributed by atoms with Crippen molar-refractivity contribution in [2.45, 2.75) is 19.8 Å². The second kappa shape index (κ2) is 6.87. The molecular formula is C18H20N6OS. The van der Waals surface area contributed by atoms with Crippen molar-refractivity contribution in [1.29, 1.82) is 0 Å². The van der Waals surface area contributed by atoms with E-state index in [-0.39, 0.29) is 5.91 Å². The number of anilines is 1. The van der Waals surface area contributed by atoms with E-state index < -0.39 is 0 Å². The van der Waals surface area contributed by atoms with E-state index in [1.165, 1.54) is 0 Å². The molecule has 0 aliphatic carbocycles. The van der Waals surface area contributed by atoms with Crippen LogP contribution in [-0.4, -0.2) is 44.5 Å². The molecule has 0 fully saturated rings. The monoisotopic (exact) mass is 368 g/mol. The number of nitrogens with one attached hydrogen (secondary N) is 1. The number of hydrazone groups is 1. The maximum atomic E-state index is 12.2. The quantitative estimate of drug-likeness (QED) is 0.751. The molecule has 0 saturated heterocycles. The first kappa shape index (κ1) is 16.7. The normalized spacial score (nSPS) is 14.8. The summed E-state index contributed by atoms with van der Waals surface area (Å²) >= 11 is 1.58. The fourth-order valence-corrected chi connectivity index (χ4v) is 4.00. The second-order valence-electron chi connectivity index (χ2n) is 6.24. The average molecular weight is 368 g/mol. The molecule has 1 N–H and O–H groups in total. The van der Waals surface area contributed by atoms with Gasteiger partial charge in [-0.3, -0.25) is 4.79 Å². The summed E-state index contributed by atoms with van der Waals surface area (Å²) in [4.78, 5) is 16.7. The van der Waals surface area contributed by atoms with Crippen LogP contribution in [0.5, 0.6) is 0 Å². The summed E-state index contributed by atoms with van der Waals surface area (Å²) in [5, 5.41) is 14.6. The Bertz CT molecular complexity index is 940. The summed E-state index contributed by atoms with van der Waals surface area (Å²) in [5.41, 5.74) is 3.91. The summed E-state index contributed by atoms with van der Waals surface area (Å²) < 4.78 is 2.88. The van der Waals surface area contributed by atoms with E-state index in [0.717, 1.165) is 32.4 Å². The van der Waals surface area contributed by atoms with Crippen molar-refractivity contribution < 1.29 is 4.79 Å². The number of amides is 1. The minimum Gasteiger partial charge on any atom is -0.360 e. The van der Waals surface area contributed by atoms with Gasteiger partial charge in [-0.1, -0.05) is 41.7 Å². The zero-order valence-corrected chi connectivity index (χ0v) is 15.6. The van der Waals surface area contributed by atoms with E-state index in [0.29, 0.717) is 25.9 Å². The first-order valence-electron chi connectivity index (χ1n) is 8.59. The largest absolute Gasteiger partial charge is 0.360 e. The average Bonchev–Trinajstić information content (AvgIpc) is 3.18. The number of carbonyl (C=O) groups is 1. The molecule has 1 aromatic carbocycles. The van der Waals surface area contributed by atoms with Crippen LogP contribution in [0.4, 0.5) is 5.13 Å². The van der Waals surface area contributed by atoms with Crippen molar-refractivity contribution in [2.75, 3.05) is 18.4 Å². The van der Waals surface area contributed by atoms with Crippen LogP contribution in [0, 0.1) is 6.92 Å². The Labute approximate surface area is 155 Å². The minimum absolute atomic E-state index is 0.0656. The van der Waals surface area contributed by atoms with Gasteiger partial charge in [0.1, 0.15) is 0 Å². The number of benzene rings is 1. The van der Waals surface area contributed by atoms with Crippen LogP contribution in [0.25, 0.3) is 10.3 Å². The molecule has 134 valence electrons. The molecule has 0 saturated carbocycles. The van der Waals surface area contributed by atoms with Crippen LogP contribution in [0.3, 0.4) is 0 Å². The molecule has 0 radical (unpaired) electrons. The minimum atomic E-state index is 0.0656. The van der Waals surface area contributed by atoms with Crippen molar-refractivity contribution in [2.24, 2.45) is 12.1 Å². The van der Waals surface area contributed by atoms with Gasteiger partial charge in [0.05, 0.1) is 22.7 Å². The van der Waals surface area contributed by atoms with Crippen LogP contribution >= 0.6 is 11.3 Å². The smallest absolute Gasteiger partial charge is 0.243 e. The van der Waals surface area contributed by atoms with Crippen LogP contribution < -0.4 is 5.32 Å². The van der Waals surface area contributed by atoms with E-state index in [4.69, 9.17) is 0 Å². The number of fused-ring (bicyclic) bond motifs is 1. The van der Waals surface area contributed by atoms with Gasteiger partial charge >= 0.3 is 0 Å². The number of thiazole rings is 1. The van der Waals surface area contributed by atoms with Crippen molar-refractivity contribution in [3.8, 4) is 0 Å². The Balaban J connectivity index is 1.42. The van der Waals surface area contributed by atoms with Gasteiger partial charge in [-0.2, -0.15) is 10.2 Å². The van der Waals surface area contributed by atoms with Crippen LogP contribution in [-0.2, 0) is 11.8 Å². The Morgan fingerprint density at radius 3 is 2.81 bits per heavy atom. The Morgan fingerprint density at radius 2 is 2.04 bits per heavy atom. The lowest BCUT2D eigenvalue weighted by Crippen LogP contribution is -2.35. The lowest BCUT2D eigenvalue weighted by atomic mass is 10.0. The molecule has 0 spiro atoms. The summed E-state index contributed by atoms with van der Waals surface area (Å²) in [6, 6.07) is 10.0. The molecule has 4 rings (SSSR count). The first-order chi connectivity index (χ1) is 12.6. The predicted octanol–water partition coefficient (Wildman–Crippen LogP) is 2.78. The number of aromatic nitrogens is 3. The van der Waals surface area contributed by atoms with Crippen LogP contribution in [0.2, 0.25) is 0 Å². The lowest BCUT2D eigenvalue weighted by Gasteiger charge is -2.23. The highest BCUT2D eigenvalue weighted by molar-refractivity contribution is 7.22. The van der Waals surface area contributed by atoms with Gasteiger partial charge in [0.25, 0.3) is 0 Å². The third-order valence-electron chi connectivity index (χ3n) is 4.36. The van der Waals surface area contributed by atoms with Crippen molar-refractivity contribution >= 4 is 38.4 Å². The Kier molecular flexibility index (Phi) is 4.42. The Morgan fingerprint density at radius 1 is 1.23 bits per heavy atom. The molecule has 0 bridgehead atoms. The van der Waals surface area contributed by atoms with Crippen molar-refractivity contribution in [1.82, 2.24) is 19.8 Å². The summed E-state index contributed by atoms with van der Waals surface area (Å²) in [6.07, 6.45) is 1.19. The number of hydrogen-bond donors (Lipinski definition) is 1. The summed E-state index contributed by atoms with van der Waals surface area (Å²) in [5.74, 6) is 0.0656. The fraction of sp³-hybridized carbons (Fsp3) is 0.333. The van der Waals surface area contributed by atoms with Gasteiger partial charge in [0.2, 0.25) is 5.91 Å². The third-order valence-corrected chi connectivity index (χ3v) is 5.47. The van der Waals surface area contributed by atoms with Crippen molar-refractivity contribution in [3.05, 3.63) is 41.6 Å². The number of rotatable bonds is 5. The number of aryl methyl sites for hydroxylation is 2. The highest BCUT2D eigenvalue weighted by Gasteiger charge is 2.21. The van der Waals surface area contributed by atoms with E-state index >= 15 is 0 Å². The molecule has 2 aromatic heterocycles. The molecule has 0 unspecified atom stereocenters. The molecule has 0 atom stereocenters. The summed E-state index contributed by atoms with van der Waals surface area (Å²) in [6.45, 7) is 3.10. The second-order valence-corrected chi connectivity index (χ2v) is 7.24. The third kappa shape index (κ3) is 3.20. The Hall–Kier alpha value is -2.74. The zero-order valence-electron chi connectivity index (χ0n) is 14.8. The molecule has 1 aliphatic rings. The van der Waals surface area contributed by atoms with Crippen LogP contribution in [0.1, 0.15) is 24.1 Å². The number of hydrogen-bond acceptors (Lipinski definition) is 6. The number of carbonyl (C=O) groups excluding carboxylic acids is 1. The molecule has 7 nitrogen and oxygen atoms in total. The maximum absolute atomic E-state index is 12.2. The van der Waals surface area contributed by atoms with E-state index in [1.54, 1.807) is 21.0 Å². The molecule has 3 aromatic rings. The van der Waals surface area contributed by atoms with Crippen LogP contribution in [0.15, 0.2) is 35.4 Å². The molecule has 3 heterocycles. The van der Waals surface area contributed by atoms with Gasteiger partial charge in [-0.25, -0.2) is 14.7 Å². The van der Waals surface area contributed by atoms with Gasteiger partial charge < -0.3 is 5.32 Å². The zero-order chi connectivity index (χ0) is 18.1. The van der Waals surface area contributed by atoms with E-state index in [9.17, 15) is 4.79 Å². The topological polar surface area (TPSA) is 75.4 Å².